The Kier molecular flexibility index (Phi) is 5.56. The van der Waals surface area contributed by atoms with Gasteiger partial charge in [-0.25, -0.2) is 4.79 Å². The molecule has 1 aliphatic rings. The summed E-state index contributed by atoms with van der Waals surface area (Å²) >= 11 is 5.87. The Morgan fingerprint density at radius 3 is 2.72 bits per heavy atom. The highest BCUT2D eigenvalue weighted by atomic mass is 35.5. The number of halogens is 1. The molecule has 0 saturated heterocycles. The molecular formula is C19H18ClNO4. The third-order valence-corrected chi connectivity index (χ3v) is 4.18. The van der Waals surface area contributed by atoms with Gasteiger partial charge >= 0.3 is 5.97 Å². The summed E-state index contributed by atoms with van der Waals surface area (Å²) in [6.45, 7) is 0.0414. The summed E-state index contributed by atoms with van der Waals surface area (Å²) in [5, 5.41) is 13.7. The molecule has 0 bridgehead atoms. The Morgan fingerprint density at radius 1 is 1.16 bits per heavy atom. The van der Waals surface area contributed by atoms with Gasteiger partial charge in [0.25, 0.3) is 0 Å². The molecule has 0 spiro atoms. The number of carboxylic acids is 1. The largest absolute Gasteiger partial charge is 0.482 e. The number of rotatable bonds is 6. The molecule has 0 amide bonds. The number of carboxylic acid groups (broad SMARTS) is 1. The fraction of sp³-hybridized carbons (Fsp3) is 0.263. The number of fused-ring (bicyclic) bond motifs is 1. The van der Waals surface area contributed by atoms with Gasteiger partial charge in [0.05, 0.1) is 5.71 Å². The van der Waals surface area contributed by atoms with Crippen LogP contribution in [0.1, 0.15) is 29.5 Å². The normalized spacial score (nSPS) is 14.8. The lowest BCUT2D eigenvalue weighted by Gasteiger charge is -2.18. The minimum Gasteiger partial charge on any atom is -0.482 e. The monoisotopic (exact) mass is 359 g/mol. The van der Waals surface area contributed by atoms with E-state index >= 15 is 0 Å². The number of ether oxygens (including phenoxy) is 1. The lowest BCUT2D eigenvalue weighted by molar-refractivity contribution is -0.139. The van der Waals surface area contributed by atoms with Crippen molar-refractivity contribution >= 4 is 23.3 Å². The molecule has 1 aliphatic carbocycles. The van der Waals surface area contributed by atoms with Crippen LogP contribution < -0.4 is 4.74 Å². The number of aliphatic carboxylic acids is 1. The Labute approximate surface area is 150 Å². The van der Waals surface area contributed by atoms with Crippen LogP contribution >= 0.6 is 11.6 Å². The first kappa shape index (κ1) is 17.3. The van der Waals surface area contributed by atoms with Crippen molar-refractivity contribution < 1.29 is 19.5 Å². The van der Waals surface area contributed by atoms with E-state index < -0.39 is 5.97 Å². The summed E-state index contributed by atoms with van der Waals surface area (Å²) in [4.78, 5) is 16.1. The van der Waals surface area contributed by atoms with Crippen LogP contribution in [0.25, 0.3) is 0 Å². The van der Waals surface area contributed by atoms with Crippen molar-refractivity contribution in [2.24, 2.45) is 5.16 Å². The van der Waals surface area contributed by atoms with Gasteiger partial charge in [0.2, 0.25) is 0 Å². The van der Waals surface area contributed by atoms with Crippen LogP contribution in [0.3, 0.4) is 0 Å². The fourth-order valence-corrected chi connectivity index (χ4v) is 2.86. The van der Waals surface area contributed by atoms with Crippen molar-refractivity contribution in [2.75, 3.05) is 6.61 Å². The van der Waals surface area contributed by atoms with E-state index in [1.54, 1.807) is 6.07 Å². The molecule has 0 aliphatic heterocycles. The maximum atomic E-state index is 10.6. The van der Waals surface area contributed by atoms with Gasteiger partial charge < -0.3 is 14.7 Å². The highest BCUT2D eigenvalue weighted by Gasteiger charge is 2.17. The predicted octanol–water partition coefficient (Wildman–Crippen LogP) is 4.06. The molecule has 130 valence electrons. The van der Waals surface area contributed by atoms with Crippen molar-refractivity contribution in [2.45, 2.75) is 25.9 Å². The van der Waals surface area contributed by atoms with Gasteiger partial charge in [-0.2, -0.15) is 0 Å². The highest BCUT2D eigenvalue weighted by Crippen LogP contribution is 2.26. The summed E-state index contributed by atoms with van der Waals surface area (Å²) in [7, 11) is 0. The molecule has 0 atom stereocenters. The molecular weight excluding hydrogens is 342 g/mol. The van der Waals surface area contributed by atoms with Gasteiger partial charge in [0.1, 0.15) is 12.4 Å². The lowest BCUT2D eigenvalue weighted by atomic mass is 9.90. The van der Waals surface area contributed by atoms with Crippen LogP contribution in [0.5, 0.6) is 5.75 Å². The minimum absolute atomic E-state index is 0.343. The molecule has 3 rings (SSSR count). The van der Waals surface area contributed by atoms with E-state index in [1.807, 2.05) is 36.4 Å². The summed E-state index contributed by atoms with van der Waals surface area (Å²) < 4.78 is 5.24. The number of hydrogen-bond acceptors (Lipinski definition) is 4. The second-order valence-corrected chi connectivity index (χ2v) is 6.23. The molecule has 0 saturated carbocycles. The average molecular weight is 360 g/mol. The molecule has 0 heterocycles. The van der Waals surface area contributed by atoms with Gasteiger partial charge in [0, 0.05) is 10.6 Å². The number of nitrogens with zero attached hydrogens (tertiary/aromatic N) is 1. The molecule has 25 heavy (non-hydrogen) atoms. The minimum atomic E-state index is -0.990. The second kappa shape index (κ2) is 8.03. The topological polar surface area (TPSA) is 68.1 Å². The second-order valence-electron chi connectivity index (χ2n) is 5.79. The molecule has 5 nitrogen and oxygen atoms in total. The number of aryl methyl sites for hydroxylation is 1. The molecule has 0 unspecified atom stereocenters. The Hall–Kier alpha value is -2.53. The number of carbonyl (C=O) groups is 1. The van der Waals surface area contributed by atoms with Crippen molar-refractivity contribution in [1.29, 1.82) is 0 Å². The quantitative estimate of drug-likeness (QED) is 0.790. The number of hydrogen-bond donors (Lipinski definition) is 1. The SMILES string of the molecule is O=C(O)COc1ccc2c(c1)CCC/C2=N\OCc1ccc(Cl)cc1. The predicted molar refractivity (Wildman–Crippen MR) is 95.3 cm³/mol. The summed E-state index contributed by atoms with van der Waals surface area (Å²) in [5.41, 5.74) is 4.04. The lowest BCUT2D eigenvalue weighted by Crippen LogP contribution is -2.14. The molecule has 1 N–H and O–H groups in total. The zero-order valence-electron chi connectivity index (χ0n) is 13.6. The van der Waals surface area contributed by atoms with Crippen molar-refractivity contribution in [3.05, 3.63) is 64.2 Å². The molecule has 0 radical (unpaired) electrons. The van der Waals surface area contributed by atoms with Gasteiger partial charge in [0.15, 0.2) is 6.61 Å². The number of benzene rings is 2. The number of oxime groups is 1. The van der Waals surface area contributed by atoms with Crippen LogP contribution in [0, 0.1) is 0 Å². The maximum absolute atomic E-state index is 10.6. The third-order valence-electron chi connectivity index (χ3n) is 3.93. The van der Waals surface area contributed by atoms with E-state index in [0.29, 0.717) is 17.4 Å². The first-order valence-electron chi connectivity index (χ1n) is 8.03. The zero-order valence-corrected chi connectivity index (χ0v) is 14.3. The third kappa shape index (κ3) is 4.73. The first-order valence-corrected chi connectivity index (χ1v) is 8.41. The Morgan fingerprint density at radius 2 is 1.96 bits per heavy atom. The van der Waals surface area contributed by atoms with Gasteiger partial charge in [-0.3, -0.25) is 0 Å². The van der Waals surface area contributed by atoms with Gasteiger partial charge in [-0.1, -0.05) is 28.9 Å². The van der Waals surface area contributed by atoms with Crippen LogP contribution in [0.15, 0.2) is 47.6 Å². The zero-order chi connectivity index (χ0) is 17.6. The molecule has 0 fully saturated rings. The molecule has 2 aromatic carbocycles. The molecule has 6 heteroatoms. The van der Waals surface area contributed by atoms with E-state index in [-0.39, 0.29) is 6.61 Å². The van der Waals surface area contributed by atoms with E-state index in [9.17, 15) is 4.79 Å². The van der Waals surface area contributed by atoms with E-state index in [4.69, 9.17) is 26.3 Å². The molecule has 2 aromatic rings. The van der Waals surface area contributed by atoms with E-state index in [1.165, 1.54) is 0 Å². The fourth-order valence-electron chi connectivity index (χ4n) is 2.73. The van der Waals surface area contributed by atoms with Gasteiger partial charge in [-0.05, 0) is 60.7 Å². The average Bonchev–Trinajstić information content (AvgIpc) is 2.61. The van der Waals surface area contributed by atoms with E-state index in [2.05, 4.69) is 5.16 Å². The van der Waals surface area contributed by atoms with Crippen molar-refractivity contribution in [3.8, 4) is 5.75 Å². The van der Waals surface area contributed by atoms with Crippen LogP contribution in [0.2, 0.25) is 5.02 Å². The van der Waals surface area contributed by atoms with Crippen molar-refractivity contribution in [3.63, 3.8) is 0 Å². The van der Waals surface area contributed by atoms with E-state index in [0.717, 1.165) is 41.7 Å². The van der Waals surface area contributed by atoms with Gasteiger partial charge in [-0.15, -0.1) is 0 Å². The summed E-state index contributed by atoms with van der Waals surface area (Å²) in [6.07, 6.45) is 2.73. The van der Waals surface area contributed by atoms with Crippen LogP contribution in [0.4, 0.5) is 0 Å². The van der Waals surface area contributed by atoms with Crippen LogP contribution in [-0.2, 0) is 22.7 Å². The standard InChI is InChI=1S/C19H18ClNO4/c20-15-6-4-13(5-7-15)11-25-21-18-3-1-2-14-10-16(8-9-17(14)18)24-12-19(22)23/h4-10H,1-3,11-12H2,(H,22,23)/b21-18+. The first-order chi connectivity index (χ1) is 12.1. The maximum Gasteiger partial charge on any atom is 0.341 e. The highest BCUT2D eigenvalue weighted by molar-refractivity contribution is 6.30. The van der Waals surface area contributed by atoms with Crippen molar-refractivity contribution in [1.82, 2.24) is 0 Å². The smallest absolute Gasteiger partial charge is 0.341 e. The molecule has 0 aromatic heterocycles. The van der Waals surface area contributed by atoms with Crippen LogP contribution in [-0.4, -0.2) is 23.4 Å². The summed E-state index contributed by atoms with van der Waals surface area (Å²) in [6, 6.07) is 13.0. The Bertz CT molecular complexity index is 787. The Balaban J connectivity index is 1.68. The summed E-state index contributed by atoms with van der Waals surface area (Å²) in [5.74, 6) is -0.431.